The largest absolute Gasteiger partial charge is 0.492 e. The van der Waals surface area contributed by atoms with Crippen molar-refractivity contribution in [1.82, 2.24) is 9.66 Å². The summed E-state index contributed by atoms with van der Waals surface area (Å²) in [5.74, 6) is 1.56. The lowest BCUT2D eigenvalue weighted by atomic mass is 10.2. The van der Waals surface area contributed by atoms with E-state index >= 15 is 0 Å². The van der Waals surface area contributed by atoms with E-state index < -0.39 is 0 Å². The molecule has 0 saturated carbocycles. The fraction of sp³-hybridized carbons (Fsp3) is 0.286. The van der Waals surface area contributed by atoms with Gasteiger partial charge >= 0.3 is 0 Å². The molecule has 29 heavy (non-hydrogen) atoms. The molecule has 0 aliphatic heterocycles. The summed E-state index contributed by atoms with van der Waals surface area (Å²) >= 11 is 7.95. The molecule has 0 amide bonds. The van der Waals surface area contributed by atoms with Gasteiger partial charge in [0, 0.05) is 10.9 Å². The van der Waals surface area contributed by atoms with Gasteiger partial charge in [-0.15, -0.1) is 0 Å². The molecule has 5 nitrogen and oxygen atoms in total. The first-order chi connectivity index (χ1) is 13.9. The molecule has 152 valence electrons. The third kappa shape index (κ3) is 5.38. The number of ether oxygens (including phenoxy) is 1. The van der Waals surface area contributed by atoms with Crippen molar-refractivity contribution < 1.29 is 4.74 Å². The summed E-state index contributed by atoms with van der Waals surface area (Å²) in [7, 11) is 0. The van der Waals surface area contributed by atoms with Crippen molar-refractivity contribution in [2.24, 2.45) is 5.10 Å². The molecule has 0 unspecified atom stereocenters. The standard InChI is InChI=1S/C21H20BrI2N3O2/c1-3-5-6-19-26-18-8-7-14(22)11-15(18)21(28)27(19)25-12-13-9-16(23)20(29-4-2)17(24)10-13/h7-12H,3-6H2,1-2H3. The van der Waals surface area contributed by atoms with Crippen LogP contribution in [0, 0.1) is 7.14 Å². The summed E-state index contributed by atoms with van der Waals surface area (Å²) < 4.78 is 10.00. The van der Waals surface area contributed by atoms with Crippen molar-refractivity contribution in [3.63, 3.8) is 0 Å². The second-order valence-electron chi connectivity index (χ2n) is 6.40. The first-order valence-electron chi connectivity index (χ1n) is 9.32. The number of rotatable bonds is 7. The van der Waals surface area contributed by atoms with E-state index in [2.05, 4.69) is 73.1 Å². The second kappa shape index (κ2) is 10.3. The Kier molecular flexibility index (Phi) is 8.08. The van der Waals surface area contributed by atoms with Crippen molar-refractivity contribution >= 4 is 78.2 Å². The highest BCUT2D eigenvalue weighted by Gasteiger charge is 2.12. The lowest BCUT2D eigenvalue weighted by molar-refractivity contribution is 0.335. The minimum absolute atomic E-state index is 0.158. The van der Waals surface area contributed by atoms with Crippen molar-refractivity contribution in [3.8, 4) is 5.75 Å². The maximum Gasteiger partial charge on any atom is 0.282 e. The number of aryl methyl sites for hydroxylation is 1. The molecule has 0 bridgehead atoms. The Morgan fingerprint density at radius 1 is 1.21 bits per heavy atom. The van der Waals surface area contributed by atoms with Crippen LogP contribution in [0.15, 0.2) is 44.7 Å². The van der Waals surface area contributed by atoms with Gasteiger partial charge in [0.25, 0.3) is 5.56 Å². The molecule has 0 aliphatic carbocycles. The van der Waals surface area contributed by atoms with Gasteiger partial charge in [-0.2, -0.15) is 9.78 Å². The Hall–Kier alpha value is -1.01. The molecule has 1 aromatic heterocycles. The van der Waals surface area contributed by atoms with Gasteiger partial charge in [-0.3, -0.25) is 4.79 Å². The first-order valence-corrected chi connectivity index (χ1v) is 12.3. The number of fused-ring (bicyclic) bond motifs is 1. The quantitative estimate of drug-likeness (QED) is 0.228. The lowest BCUT2D eigenvalue weighted by Gasteiger charge is -2.10. The van der Waals surface area contributed by atoms with Gasteiger partial charge in [0.05, 0.1) is 30.9 Å². The summed E-state index contributed by atoms with van der Waals surface area (Å²) in [5, 5.41) is 5.07. The van der Waals surface area contributed by atoms with Gasteiger partial charge in [0.15, 0.2) is 0 Å². The Bertz CT molecular complexity index is 1110. The van der Waals surface area contributed by atoms with Crippen molar-refractivity contribution in [2.45, 2.75) is 33.1 Å². The molecular weight excluding hydrogens is 660 g/mol. The van der Waals surface area contributed by atoms with Gasteiger partial charge in [0.1, 0.15) is 11.6 Å². The molecule has 2 aromatic carbocycles. The maximum atomic E-state index is 13.1. The molecule has 8 heteroatoms. The van der Waals surface area contributed by atoms with Crippen LogP contribution in [0.4, 0.5) is 0 Å². The molecule has 0 atom stereocenters. The monoisotopic (exact) mass is 679 g/mol. The molecule has 0 spiro atoms. The van der Waals surface area contributed by atoms with Gasteiger partial charge in [-0.25, -0.2) is 4.98 Å². The maximum absolute atomic E-state index is 13.1. The van der Waals surface area contributed by atoms with E-state index in [0.29, 0.717) is 29.8 Å². The van der Waals surface area contributed by atoms with Crippen molar-refractivity contribution in [2.75, 3.05) is 6.61 Å². The molecule has 0 N–H and O–H groups in total. The number of unbranched alkanes of at least 4 members (excludes halogenated alkanes) is 1. The van der Waals surface area contributed by atoms with Crippen molar-refractivity contribution in [1.29, 1.82) is 0 Å². The van der Waals surface area contributed by atoms with Crippen LogP contribution < -0.4 is 10.3 Å². The highest BCUT2D eigenvalue weighted by molar-refractivity contribution is 14.1. The van der Waals surface area contributed by atoms with Crippen LogP contribution in [0.3, 0.4) is 0 Å². The zero-order valence-electron chi connectivity index (χ0n) is 16.1. The summed E-state index contributed by atoms with van der Waals surface area (Å²) in [5.41, 5.74) is 1.44. The van der Waals surface area contributed by atoms with Gasteiger partial charge in [-0.1, -0.05) is 29.3 Å². The van der Waals surface area contributed by atoms with Gasteiger partial charge in [-0.05, 0) is 94.4 Å². The fourth-order valence-electron chi connectivity index (χ4n) is 2.87. The average molecular weight is 680 g/mol. The van der Waals surface area contributed by atoms with Crippen LogP contribution in [0.5, 0.6) is 5.75 Å². The highest BCUT2D eigenvalue weighted by atomic mass is 127. The SMILES string of the molecule is CCCCc1nc2ccc(Br)cc2c(=O)n1N=Cc1cc(I)c(OCC)c(I)c1. The molecule has 3 aromatic rings. The molecule has 0 radical (unpaired) electrons. The molecule has 3 rings (SSSR count). The summed E-state index contributed by atoms with van der Waals surface area (Å²) in [6, 6.07) is 9.55. The van der Waals surface area contributed by atoms with Crippen LogP contribution >= 0.6 is 61.1 Å². The normalized spacial score (nSPS) is 11.5. The predicted molar refractivity (Wildman–Crippen MR) is 138 cm³/mol. The van der Waals surface area contributed by atoms with Crippen LogP contribution in [-0.2, 0) is 6.42 Å². The average Bonchev–Trinajstić information content (AvgIpc) is 2.69. The highest BCUT2D eigenvalue weighted by Crippen LogP contribution is 2.28. The van der Waals surface area contributed by atoms with Gasteiger partial charge < -0.3 is 4.74 Å². The summed E-state index contributed by atoms with van der Waals surface area (Å²) in [4.78, 5) is 17.8. The Balaban J connectivity index is 2.08. The van der Waals surface area contributed by atoms with Crippen LogP contribution in [0.2, 0.25) is 0 Å². The first kappa shape index (κ1) is 22.7. The van der Waals surface area contributed by atoms with E-state index in [9.17, 15) is 4.79 Å². The Morgan fingerprint density at radius 2 is 1.93 bits per heavy atom. The summed E-state index contributed by atoms with van der Waals surface area (Å²) in [6.45, 7) is 4.71. The third-order valence-corrected chi connectivity index (χ3v) is 6.36. The van der Waals surface area contributed by atoms with E-state index in [4.69, 9.17) is 9.72 Å². The predicted octanol–water partition coefficient (Wildman–Crippen LogP) is 5.99. The van der Waals surface area contributed by atoms with E-state index in [1.165, 1.54) is 4.68 Å². The minimum Gasteiger partial charge on any atom is -0.492 e. The number of halogens is 3. The molecule has 0 saturated heterocycles. The zero-order valence-corrected chi connectivity index (χ0v) is 22.0. The topological polar surface area (TPSA) is 56.5 Å². The molecule has 0 fully saturated rings. The minimum atomic E-state index is -0.158. The number of nitrogens with zero attached hydrogens (tertiary/aromatic N) is 3. The van der Waals surface area contributed by atoms with Gasteiger partial charge in [0.2, 0.25) is 0 Å². The molecular formula is C21H20BrI2N3O2. The Morgan fingerprint density at radius 3 is 2.59 bits per heavy atom. The number of hydrogen-bond acceptors (Lipinski definition) is 4. The van der Waals surface area contributed by atoms with E-state index in [1.807, 2.05) is 31.2 Å². The van der Waals surface area contributed by atoms with Crippen LogP contribution in [0.25, 0.3) is 10.9 Å². The van der Waals surface area contributed by atoms with E-state index in [1.54, 1.807) is 12.3 Å². The van der Waals surface area contributed by atoms with Crippen molar-refractivity contribution in [3.05, 3.63) is 63.7 Å². The van der Waals surface area contributed by atoms with E-state index in [-0.39, 0.29) is 5.56 Å². The zero-order chi connectivity index (χ0) is 21.0. The number of aromatic nitrogens is 2. The number of benzene rings is 2. The smallest absolute Gasteiger partial charge is 0.282 e. The summed E-state index contributed by atoms with van der Waals surface area (Å²) in [6.07, 6.45) is 4.38. The Labute approximate surface area is 205 Å². The van der Waals surface area contributed by atoms with Crippen LogP contribution in [0.1, 0.15) is 38.1 Å². The number of hydrogen-bond donors (Lipinski definition) is 0. The third-order valence-electron chi connectivity index (χ3n) is 4.26. The molecule has 1 heterocycles. The lowest BCUT2D eigenvalue weighted by Crippen LogP contribution is -2.22. The fourth-order valence-corrected chi connectivity index (χ4v) is 5.36. The molecule has 0 aliphatic rings. The second-order valence-corrected chi connectivity index (χ2v) is 9.64. The van der Waals surface area contributed by atoms with Crippen LogP contribution in [-0.4, -0.2) is 22.5 Å². The van der Waals surface area contributed by atoms with E-state index in [0.717, 1.165) is 35.8 Å².